The van der Waals surface area contributed by atoms with E-state index in [2.05, 4.69) is 15.6 Å². The number of carbonyl (C=O) groups excluding carboxylic acids is 4. The summed E-state index contributed by atoms with van der Waals surface area (Å²) >= 11 is 7.20. The molecule has 0 unspecified atom stereocenters. The van der Waals surface area contributed by atoms with E-state index in [0.717, 1.165) is 44.3 Å². The molecule has 19 heteroatoms. The fourth-order valence-electron chi connectivity index (χ4n) is 8.61. The lowest BCUT2D eigenvalue weighted by Gasteiger charge is -2.35. The standard InChI is InChI=1S/C53H56F3N7O7S2/c1-32-45(72-31-59-32)35-13-8-34(9-14-35)29-58-47(66)43-27-39(64)30-61(43)48(67)46(51(2,3)4)60-44(65)23-12-33-10-19-40(20-11-33)69-24-7-25-70-41-21-17-37(18-22-41)63-50(71)62(49(68)52(63,5)6)38-16-15-36(28-57)42(26-38)53(54,55)56/h8-11,13-22,26,31,39,43,46,64H,7,12,23-25,27,29-30H2,1-6H3,(H,58,66)(H,60,65)/t39-,43+,46-/m1/s1. The number of thiazole rings is 1. The Morgan fingerprint density at radius 1 is 0.944 bits per heavy atom. The number of ether oxygens (including phenoxy) is 2. The molecule has 0 spiro atoms. The summed E-state index contributed by atoms with van der Waals surface area (Å²) < 4.78 is 53.0. The van der Waals surface area contributed by atoms with Crippen molar-refractivity contribution in [2.75, 3.05) is 29.6 Å². The lowest BCUT2D eigenvalue weighted by Crippen LogP contribution is -2.57. The number of hydrogen-bond donors (Lipinski definition) is 3. The highest BCUT2D eigenvalue weighted by Crippen LogP contribution is 2.40. The Bertz CT molecular complexity index is 2840. The average molecular weight is 1020 g/mol. The van der Waals surface area contributed by atoms with Gasteiger partial charge >= 0.3 is 6.18 Å². The van der Waals surface area contributed by atoms with Crippen LogP contribution in [-0.4, -0.2) is 87.2 Å². The predicted octanol–water partition coefficient (Wildman–Crippen LogP) is 8.52. The molecular formula is C53H56F3N7O7S2. The van der Waals surface area contributed by atoms with Gasteiger partial charge < -0.3 is 35.0 Å². The minimum atomic E-state index is -4.81. The van der Waals surface area contributed by atoms with Crippen LogP contribution in [0.3, 0.4) is 0 Å². The molecule has 3 N–H and O–H groups in total. The Labute approximate surface area is 425 Å². The van der Waals surface area contributed by atoms with E-state index in [4.69, 9.17) is 21.7 Å². The third-order valence-electron chi connectivity index (χ3n) is 12.6. The van der Waals surface area contributed by atoms with Crippen LogP contribution in [0, 0.1) is 23.7 Å². The summed E-state index contributed by atoms with van der Waals surface area (Å²) in [4.78, 5) is 63.9. The van der Waals surface area contributed by atoms with E-state index in [-0.39, 0.29) is 48.5 Å². The highest BCUT2D eigenvalue weighted by Gasteiger charge is 2.51. The van der Waals surface area contributed by atoms with E-state index >= 15 is 0 Å². The van der Waals surface area contributed by atoms with Gasteiger partial charge in [-0.05, 0) is 116 Å². The van der Waals surface area contributed by atoms with E-state index in [1.54, 1.807) is 65.9 Å². The summed E-state index contributed by atoms with van der Waals surface area (Å²) in [6, 6.07) is 24.8. The summed E-state index contributed by atoms with van der Waals surface area (Å²) in [5, 5.41) is 25.7. The number of nitriles is 1. The van der Waals surface area contributed by atoms with Crippen LogP contribution >= 0.6 is 23.6 Å². The second-order valence-electron chi connectivity index (χ2n) is 19.3. The van der Waals surface area contributed by atoms with Crippen molar-refractivity contribution in [2.45, 2.75) is 104 Å². The van der Waals surface area contributed by atoms with Crippen LogP contribution in [0.2, 0.25) is 0 Å². The maximum absolute atomic E-state index is 14.1. The number of nitrogens with one attached hydrogen (secondary N) is 2. The zero-order chi connectivity index (χ0) is 52.1. The number of rotatable bonds is 17. The maximum atomic E-state index is 14.1. The summed E-state index contributed by atoms with van der Waals surface area (Å²) in [5.41, 5.74) is 2.34. The molecule has 14 nitrogen and oxygen atoms in total. The second-order valence-corrected chi connectivity index (χ2v) is 20.5. The van der Waals surface area contributed by atoms with Gasteiger partial charge in [-0.25, -0.2) is 4.98 Å². The normalized spacial score (nSPS) is 17.2. The fourth-order valence-corrected chi connectivity index (χ4v) is 9.95. The van der Waals surface area contributed by atoms with Crippen molar-refractivity contribution in [3.8, 4) is 28.0 Å². The molecule has 0 radical (unpaired) electrons. The van der Waals surface area contributed by atoms with Crippen molar-refractivity contribution in [1.29, 1.82) is 5.26 Å². The molecule has 5 aromatic rings. The molecule has 4 aromatic carbocycles. The quantitative estimate of drug-likeness (QED) is 0.0601. The number of amides is 4. The molecule has 1 aromatic heterocycles. The minimum absolute atomic E-state index is 0.0128. The molecule has 72 heavy (non-hydrogen) atoms. The van der Waals surface area contributed by atoms with Gasteiger partial charge in [0.05, 0.1) is 58.3 Å². The van der Waals surface area contributed by atoms with Crippen LogP contribution < -0.4 is 29.9 Å². The fraction of sp³-hybridized carbons (Fsp3) is 0.377. The molecule has 0 saturated carbocycles. The number of aliphatic hydroxyl groups is 1. The van der Waals surface area contributed by atoms with Crippen molar-refractivity contribution in [3.63, 3.8) is 0 Å². The number of halogens is 3. The summed E-state index contributed by atoms with van der Waals surface area (Å²) in [6.45, 7) is 11.6. The predicted molar refractivity (Wildman–Crippen MR) is 271 cm³/mol. The lowest BCUT2D eigenvalue weighted by molar-refractivity contribution is -0.144. The Hall–Kier alpha value is -6.88. The Morgan fingerprint density at radius 2 is 1.56 bits per heavy atom. The van der Waals surface area contributed by atoms with Crippen LogP contribution in [0.5, 0.6) is 11.5 Å². The molecule has 4 amide bonds. The van der Waals surface area contributed by atoms with Gasteiger partial charge in [0, 0.05) is 38.0 Å². The van der Waals surface area contributed by atoms with E-state index in [1.807, 2.05) is 76.2 Å². The zero-order valence-electron chi connectivity index (χ0n) is 40.7. The molecule has 2 aliphatic heterocycles. The molecule has 2 saturated heterocycles. The second kappa shape index (κ2) is 21.9. The molecule has 3 atom stereocenters. The maximum Gasteiger partial charge on any atom is 0.417 e. The number of carbonyl (C=O) groups is 4. The van der Waals surface area contributed by atoms with Crippen LogP contribution in [0.4, 0.5) is 24.5 Å². The smallest absolute Gasteiger partial charge is 0.417 e. The number of aromatic nitrogens is 1. The summed E-state index contributed by atoms with van der Waals surface area (Å²) in [6.07, 6.45) is -4.56. The Morgan fingerprint density at radius 3 is 2.14 bits per heavy atom. The largest absolute Gasteiger partial charge is 0.493 e. The van der Waals surface area contributed by atoms with Crippen LogP contribution in [0.1, 0.15) is 81.8 Å². The molecule has 2 aliphatic rings. The van der Waals surface area contributed by atoms with Gasteiger partial charge in [0.25, 0.3) is 5.91 Å². The van der Waals surface area contributed by atoms with Crippen molar-refractivity contribution >= 4 is 63.7 Å². The Kier molecular flexibility index (Phi) is 16.1. The first-order chi connectivity index (χ1) is 34.1. The summed E-state index contributed by atoms with van der Waals surface area (Å²) in [7, 11) is 0. The number of β-amino-alcohol motifs (C(OH)–C–C–N with tert-alkyl or cyclic N) is 1. The number of aryl methyl sites for hydroxylation is 2. The van der Waals surface area contributed by atoms with Gasteiger partial charge in [-0.3, -0.25) is 24.1 Å². The molecular weight excluding hydrogens is 968 g/mol. The van der Waals surface area contributed by atoms with E-state index < -0.39 is 58.3 Å². The van der Waals surface area contributed by atoms with Crippen molar-refractivity contribution in [3.05, 3.63) is 124 Å². The number of likely N-dealkylation sites (tertiary alicyclic amines) is 1. The summed E-state index contributed by atoms with van der Waals surface area (Å²) in [5.74, 6) is -0.500. The lowest BCUT2D eigenvalue weighted by atomic mass is 9.85. The first-order valence-electron chi connectivity index (χ1n) is 23.4. The zero-order valence-corrected chi connectivity index (χ0v) is 42.3. The van der Waals surface area contributed by atoms with E-state index in [0.29, 0.717) is 43.2 Å². The molecule has 378 valence electrons. The molecule has 2 fully saturated rings. The highest BCUT2D eigenvalue weighted by atomic mass is 32.1. The van der Waals surface area contributed by atoms with Crippen molar-refractivity contribution < 1.29 is 46.9 Å². The topological polar surface area (TPSA) is 177 Å². The van der Waals surface area contributed by atoms with Gasteiger partial charge in [0.2, 0.25) is 17.7 Å². The number of thiocarbonyl (C=S) groups is 1. The third-order valence-corrected chi connectivity index (χ3v) is 13.9. The highest BCUT2D eigenvalue weighted by molar-refractivity contribution is 7.81. The number of anilines is 2. The molecule has 0 bridgehead atoms. The van der Waals surface area contributed by atoms with Gasteiger partial charge in [0.1, 0.15) is 29.1 Å². The third kappa shape index (κ3) is 12.1. The van der Waals surface area contributed by atoms with Gasteiger partial charge in [0.15, 0.2) is 5.11 Å². The van der Waals surface area contributed by atoms with Gasteiger partial charge in [-0.2, -0.15) is 18.4 Å². The van der Waals surface area contributed by atoms with Crippen LogP contribution in [-0.2, 0) is 38.3 Å². The minimum Gasteiger partial charge on any atom is -0.493 e. The van der Waals surface area contributed by atoms with Crippen LogP contribution in [0.15, 0.2) is 96.5 Å². The van der Waals surface area contributed by atoms with Crippen LogP contribution in [0.25, 0.3) is 10.4 Å². The average Bonchev–Trinajstić information content (AvgIpc) is 4.01. The number of hydrogen-bond acceptors (Lipinski definition) is 11. The first kappa shape index (κ1) is 52.9. The Balaban J connectivity index is 0.845. The molecule has 0 aliphatic carbocycles. The number of benzene rings is 4. The van der Waals surface area contributed by atoms with Crippen molar-refractivity contribution in [1.82, 2.24) is 20.5 Å². The van der Waals surface area contributed by atoms with Gasteiger partial charge in [-0.1, -0.05) is 57.2 Å². The first-order valence-corrected chi connectivity index (χ1v) is 24.6. The number of nitrogens with zero attached hydrogens (tertiary/aromatic N) is 5. The van der Waals surface area contributed by atoms with E-state index in [9.17, 15) is 42.7 Å². The SMILES string of the molecule is Cc1ncsc1-c1ccc(CNC(=O)[C@@H]2C[C@@H](O)CN2C(=O)[C@@H](NC(=O)CCc2ccc(OCCCOc3ccc(N4C(=S)N(c5ccc(C#N)c(C(F)(F)F)c5)C(=O)C4(C)C)cc3)cc2)C(C)(C)C)cc1. The monoisotopic (exact) mass is 1020 g/mol. The molecule has 3 heterocycles. The van der Waals surface area contributed by atoms with E-state index in [1.165, 1.54) is 11.0 Å². The number of alkyl halides is 3. The molecule has 7 rings (SSSR count). The number of aliphatic hydroxyl groups excluding tert-OH is 1. The van der Waals surface area contributed by atoms with Gasteiger partial charge in [-0.15, -0.1) is 11.3 Å². The van der Waals surface area contributed by atoms with Crippen molar-refractivity contribution in [2.24, 2.45) is 5.41 Å².